The second kappa shape index (κ2) is 5.43. The maximum atomic E-state index is 10.6. The van der Waals surface area contributed by atoms with E-state index in [1.165, 1.54) is 0 Å². The summed E-state index contributed by atoms with van der Waals surface area (Å²) < 4.78 is 15.4. The van der Waals surface area contributed by atoms with Crippen molar-refractivity contribution < 1.29 is 23.9 Å². The van der Waals surface area contributed by atoms with Gasteiger partial charge in [-0.1, -0.05) is 0 Å². The molecule has 0 heterocycles. The van der Waals surface area contributed by atoms with E-state index in [2.05, 4.69) is 0 Å². The van der Waals surface area contributed by atoms with Gasteiger partial charge in [-0.25, -0.2) is 0 Å². The third kappa shape index (κ3) is 4.62. The summed E-state index contributed by atoms with van der Waals surface area (Å²) in [6.07, 6.45) is 0.349. The minimum absolute atomic E-state index is 0.0710. The largest absolute Gasteiger partial charge is 0.382 e. The topological polar surface area (TPSA) is 83.8 Å². The van der Waals surface area contributed by atoms with Crippen molar-refractivity contribution in [2.24, 2.45) is 0 Å². The summed E-state index contributed by atoms with van der Waals surface area (Å²) in [5.41, 5.74) is -1.22. The van der Waals surface area contributed by atoms with Crippen molar-refractivity contribution in [3.05, 3.63) is 0 Å². The van der Waals surface area contributed by atoms with Crippen LogP contribution >= 0.6 is 7.60 Å². The van der Waals surface area contributed by atoms with E-state index in [9.17, 15) is 9.36 Å². The van der Waals surface area contributed by atoms with Gasteiger partial charge in [0, 0.05) is 13.2 Å². The van der Waals surface area contributed by atoms with Crippen molar-refractivity contribution in [2.75, 3.05) is 13.2 Å². The van der Waals surface area contributed by atoms with Gasteiger partial charge >= 0.3 is 7.60 Å². The van der Waals surface area contributed by atoms with Gasteiger partial charge < -0.3 is 19.3 Å². The Hall–Kier alpha value is -0.220. The predicted molar refractivity (Wildman–Crippen MR) is 43.0 cm³/mol. The Morgan fingerprint density at radius 3 is 2.50 bits per heavy atom. The highest BCUT2D eigenvalue weighted by molar-refractivity contribution is 7.53. The summed E-state index contributed by atoms with van der Waals surface area (Å²) in [5, 5.41) is 0. The summed E-state index contributed by atoms with van der Waals surface area (Å²) >= 11 is 0. The van der Waals surface area contributed by atoms with E-state index in [0.717, 1.165) is 0 Å². The number of rotatable bonds is 6. The smallest absolute Gasteiger partial charge is 0.335 e. The van der Waals surface area contributed by atoms with Gasteiger partial charge in [-0.15, -0.1) is 0 Å². The van der Waals surface area contributed by atoms with E-state index in [1.807, 2.05) is 0 Å². The molecule has 0 bridgehead atoms. The lowest BCUT2D eigenvalue weighted by Gasteiger charge is -2.11. The first-order valence-electron chi connectivity index (χ1n) is 3.60. The molecule has 0 fully saturated rings. The molecular formula is C6H13O5P. The number of aldehydes is 1. The third-order valence-electron chi connectivity index (χ3n) is 1.35. The fraction of sp³-hybridized carbons (Fsp3) is 0.833. The van der Waals surface area contributed by atoms with Crippen LogP contribution in [0.3, 0.4) is 0 Å². The Balaban J connectivity index is 3.85. The van der Waals surface area contributed by atoms with Crippen LogP contribution < -0.4 is 0 Å². The molecule has 1 atom stereocenters. The van der Waals surface area contributed by atoms with Gasteiger partial charge in [0.25, 0.3) is 0 Å². The molecule has 0 radical (unpaired) electrons. The molecule has 0 aromatic rings. The molecule has 72 valence electrons. The second-order valence-corrected chi connectivity index (χ2v) is 4.12. The van der Waals surface area contributed by atoms with Gasteiger partial charge in [-0.05, 0) is 13.3 Å². The summed E-state index contributed by atoms with van der Waals surface area (Å²) in [4.78, 5) is 27.4. The second-order valence-electron chi connectivity index (χ2n) is 2.28. The van der Waals surface area contributed by atoms with Gasteiger partial charge in [0.05, 0.1) is 0 Å². The molecule has 1 unspecified atom stereocenters. The summed E-state index contributed by atoms with van der Waals surface area (Å²) in [7, 11) is -4.26. The lowest BCUT2D eigenvalue weighted by atomic mass is 10.3. The molecule has 5 nitrogen and oxygen atoms in total. The first-order valence-corrected chi connectivity index (χ1v) is 5.28. The van der Waals surface area contributed by atoms with Crippen LogP contribution in [-0.4, -0.2) is 34.9 Å². The van der Waals surface area contributed by atoms with Crippen LogP contribution in [0.2, 0.25) is 0 Å². The van der Waals surface area contributed by atoms with Crippen LogP contribution in [0.25, 0.3) is 0 Å². The van der Waals surface area contributed by atoms with E-state index < -0.39 is 13.3 Å². The molecule has 0 rings (SSSR count). The van der Waals surface area contributed by atoms with Crippen LogP contribution in [0.4, 0.5) is 0 Å². The number of ether oxygens (including phenoxy) is 1. The van der Waals surface area contributed by atoms with Crippen molar-refractivity contribution in [3.8, 4) is 0 Å². The van der Waals surface area contributed by atoms with Crippen molar-refractivity contribution in [1.82, 2.24) is 0 Å². The first-order chi connectivity index (χ1) is 5.52. The standard InChI is InChI=1S/C6H13O5P/c1-2-11-4-3-6(5-7)12(8,9)10/h5-6H,2-4H2,1H3,(H2,8,9,10). The van der Waals surface area contributed by atoms with Crippen molar-refractivity contribution in [3.63, 3.8) is 0 Å². The van der Waals surface area contributed by atoms with E-state index in [1.54, 1.807) is 6.92 Å². The number of carbonyl (C=O) groups excluding carboxylic acids is 1. The van der Waals surface area contributed by atoms with E-state index >= 15 is 0 Å². The molecule has 0 saturated carbocycles. The van der Waals surface area contributed by atoms with Gasteiger partial charge in [0.15, 0.2) is 0 Å². The molecule has 0 amide bonds. The highest BCUT2D eigenvalue weighted by Gasteiger charge is 2.27. The molecule has 12 heavy (non-hydrogen) atoms. The average molecular weight is 196 g/mol. The Labute approximate surface area is 70.9 Å². The quantitative estimate of drug-likeness (QED) is 0.359. The van der Waals surface area contributed by atoms with Crippen LogP contribution in [0.15, 0.2) is 0 Å². The summed E-state index contributed by atoms with van der Waals surface area (Å²) in [5.74, 6) is 0. The van der Waals surface area contributed by atoms with E-state index in [0.29, 0.717) is 6.61 Å². The predicted octanol–water partition coefficient (Wildman–Crippen LogP) is 0.158. The van der Waals surface area contributed by atoms with Crippen molar-refractivity contribution in [2.45, 2.75) is 19.0 Å². The zero-order valence-corrected chi connectivity index (χ0v) is 7.74. The molecule has 0 aliphatic rings. The normalized spacial score (nSPS) is 14.2. The molecular weight excluding hydrogens is 183 g/mol. The number of hydrogen-bond donors (Lipinski definition) is 2. The monoisotopic (exact) mass is 196 g/mol. The minimum atomic E-state index is -4.26. The van der Waals surface area contributed by atoms with Crippen molar-refractivity contribution >= 4 is 13.9 Å². The molecule has 0 aromatic heterocycles. The number of hydrogen-bond acceptors (Lipinski definition) is 3. The van der Waals surface area contributed by atoms with Crippen LogP contribution in [0, 0.1) is 0 Å². The molecule has 0 aliphatic carbocycles. The number of carbonyl (C=O) groups is 1. The molecule has 0 spiro atoms. The van der Waals surface area contributed by atoms with E-state index in [-0.39, 0.29) is 19.3 Å². The third-order valence-corrected chi connectivity index (χ3v) is 2.60. The molecule has 6 heteroatoms. The Morgan fingerprint density at radius 2 is 2.17 bits per heavy atom. The SMILES string of the molecule is CCOCCC(C=O)P(=O)(O)O. The maximum absolute atomic E-state index is 10.6. The lowest BCUT2D eigenvalue weighted by molar-refractivity contribution is -0.108. The van der Waals surface area contributed by atoms with Gasteiger partial charge in [-0.2, -0.15) is 0 Å². The van der Waals surface area contributed by atoms with Crippen LogP contribution in [0.1, 0.15) is 13.3 Å². The minimum Gasteiger partial charge on any atom is -0.382 e. The Morgan fingerprint density at radius 1 is 1.58 bits per heavy atom. The molecule has 2 N–H and O–H groups in total. The van der Waals surface area contributed by atoms with Crippen molar-refractivity contribution in [1.29, 1.82) is 0 Å². The maximum Gasteiger partial charge on any atom is 0.335 e. The lowest BCUT2D eigenvalue weighted by Crippen LogP contribution is -2.13. The van der Waals surface area contributed by atoms with Gasteiger partial charge in [0.1, 0.15) is 11.9 Å². The fourth-order valence-corrected chi connectivity index (χ4v) is 1.26. The average Bonchev–Trinajstić information content (AvgIpc) is 1.95. The molecule has 0 saturated heterocycles. The zero-order chi connectivity index (χ0) is 9.61. The Kier molecular flexibility index (Phi) is 5.33. The Bertz CT molecular complexity index is 175. The summed E-state index contributed by atoms with van der Waals surface area (Å²) in [6, 6.07) is 0. The molecule has 0 aromatic carbocycles. The van der Waals surface area contributed by atoms with Gasteiger partial charge in [0.2, 0.25) is 0 Å². The molecule has 0 aliphatic heterocycles. The summed E-state index contributed by atoms with van der Waals surface area (Å²) in [6.45, 7) is 2.45. The van der Waals surface area contributed by atoms with Crippen LogP contribution in [0.5, 0.6) is 0 Å². The van der Waals surface area contributed by atoms with Crippen LogP contribution in [-0.2, 0) is 14.1 Å². The van der Waals surface area contributed by atoms with Gasteiger partial charge in [-0.3, -0.25) is 4.57 Å². The zero-order valence-electron chi connectivity index (χ0n) is 6.84. The highest BCUT2D eigenvalue weighted by Crippen LogP contribution is 2.41. The van der Waals surface area contributed by atoms with E-state index in [4.69, 9.17) is 14.5 Å². The highest BCUT2D eigenvalue weighted by atomic mass is 31.2. The fourth-order valence-electron chi connectivity index (χ4n) is 0.664. The first kappa shape index (κ1) is 11.8.